The molecule has 5 rings (SSSR count). The van der Waals surface area contributed by atoms with E-state index in [0.717, 1.165) is 36.4 Å². The second-order valence-corrected chi connectivity index (χ2v) is 10.9. The van der Waals surface area contributed by atoms with Crippen molar-refractivity contribution in [1.29, 1.82) is 0 Å². The Morgan fingerprint density at radius 1 is 1.02 bits per heavy atom. The molecule has 1 N–H and O–H groups in total. The molecule has 0 saturated carbocycles. The van der Waals surface area contributed by atoms with Crippen LogP contribution in [0, 0.1) is 6.92 Å². The molecule has 2 saturated heterocycles. The van der Waals surface area contributed by atoms with E-state index < -0.39 is 6.09 Å². The van der Waals surface area contributed by atoms with E-state index in [0.29, 0.717) is 19.3 Å². The molecule has 0 radical (unpaired) electrons. The molecule has 0 aliphatic carbocycles. The van der Waals surface area contributed by atoms with Gasteiger partial charge in [-0.1, -0.05) is 62.4 Å². The van der Waals surface area contributed by atoms with Crippen LogP contribution in [-0.2, 0) is 26.0 Å². The van der Waals surface area contributed by atoms with Gasteiger partial charge < -0.3 is 24.3 Å². The molecule has 2 amide bonds. The number of anilines is 1. The summed E-state index contributed by atoms with van der Waals surface area (Å²) in [6, 6.07) is 25.0. The average molecular weight is 561 g/mol. The summed E-state index contributed by atoms with van der Waals surface area (Å²) in [6.45, 7) is 8.19. The first-order valence-electron chi connectivity index (χ1n) is 13.9. The second-order valence-electron chi connectivity index (χ2n) is 10.9. The lowest BCUT2D eigenvalue weighted by Gasteiger charge is -2.27. The Balaban J connectivity index is 0.000000585. The third-order valence-electron chi connectivity index (χ3n) is 7.40. The molecule has 8 nitrogen and oxygen atoms in total. The highest BCUT2D eigenvalue weighted by atomic mass is 16.6. The molecule has 2 fully saturated rings. The van der Waals surface area contributed by atoms with Crippen molar-refractivity contribution >= 4 is 17.9 Å². The summed E-state index contributed by atoms with van der Waals surface area (Å²) in [4.78, 5) is 23.9. The van der Waals surface area contributed by atoms with Gasteiger partial charge in [0.05, 0.1) is 26.4 Å². The fraction of sp³-hybridized carbons (Fsp3) is 0.394. The molecule has 2 unspecified atom stereocenters. The number of carbonyl (C=O) groups is 2. The fourth-order valence-electron chi connectivity index (χ4n) is 4.70. The number of hydrogen-bond acceptors (Lipinski definition) is 6. The van der Waals surface area contributed by atoms with Crippen molar-refractivity contribution in [2.45, 2.75) is 51.2 Å². The van der Waals surface area contributed by atoms with Crippen LogP contribution in [0.2, 0.25) is 0 Å². The number of alkyl carbamates (subject to hydrolysis) is 1. The lowest BCUT2D eigenvalue weighted by molar-refractivity contribution is 0.105. The van der Waals surface area contributed by atoms with Gasteiger partial charge in [0, 0.05) is 18.2 Å². The van der Waals surface area contributed by atoms with Crippen molar-refractivity contribution in [3.05, 3.63) is 95.1 Å². The molecule has 8 heteroatoms. The van der Waals surface area contributed by atoms with E-state index in [1.165, 1.54) is 30.8 Å². The van der Waals surface area contributed by atoms with Gasteiger partial charge in [-0.2, -0.15) is 0 Å². The van der Waals surface area contributed by atoms with E-state index in [9.17, 15) is 9.59 Å². The summed E-state index contributed by atoms with van der Waals surface area (Å²) in [6.07, 6.45) is 1.57. The number of nitrogens with zero attached hydrogens (tertiary/aromatic N) is 1. The summed E-state index contributed by atoms with van der Waals surface area (Å²) in [5.74, 6) is 0.779. The highest BCUT2D eigenvalue weighted by Crippen LogP contribution is 2.34. The Morgan fingerprint density at radius 3 is 2.39 bits per heavy atom. The standard InChI is InChI=1S/C30H33NO4.C3H7NO2/c1-21-6-4-8-25(16-21)31-18-28(35-29(31)32)20-33-26-9-5-7-24(17-26)30(2,3)23-13-10-22(11-14-23)12-15-27-19-34-27;1-4-3(5)6-2/h4-11,13-14,16-17,27-28H,12,15,18-20H2,1-3H3;1-2H3,(H,4,5). The number of hydrogen-bond donors (Lipinski definition) is 1. The fourth-order valence-corrected chi connectivity index (χ4v) is 4.70. The van der Waals surface area contributed by atoms with Crippen LogP contribution in [0.1, 0.15) is 42.5 Å². The molecule has 0 aromatic heterocycles. The van der Waals surface area contributed by atoms with Gasteiger partial charge in [-0.3, -0.25) is 4.90 Å². The summed E-state index contributed by atoms with van der Waals surface area (Å²) in [5.41, 5.74) is 5.59. The number of aryl methyl sites for hydroxylation is 2. The van der Waals surface area contributed by atoms with Crippen LogP contribution in [0.25, 0.3) is 0 Å². The Kier molecular flexibility index (Phi) is 9.89. The van der Waals surface area contributed by atoms with Crippen molar-refractivity contribution in [3.8, 4) is 5.75 Å². The van der Waals surface area contributed by atoms with Crippen molar-refractivity contribution in [2.24, 2.45) is 0 Å². The molecule has 3 aromatic carbocycles. The maximum absolute atomic E-state index is 12.4. The number of rotatable bonds is 9. The number of benzene rings is 3. The molecular formula is C33H40N2O6. The third kappa shape index (κ3) is 8.24. The van der Waals surface area contributed by atoms with Gasteiger partial charge in [-0.25, -0.2) is 9.59 Å². The Labute approximate surface area is 242 Å². The van der Waals surface area contributed by atoms with Gasteiger partial charge in [-0.05, 0) is 66.3 Å². The first-order valence-corrected chi connectivity index (χ1v) is 13.9. The van der Waals surface area contributed by atoms with E-state index in [4.69, 9.17) is 14.2 Å². The Bertz CT molecular complexity index is 1310. The number of nitrogens with one attached hydrogen (secondary N) is 1. The van der Waals surface area contributed by atoms with Crippen LogP contribution in [0.5, 0.6) is 5.75 Å². The molecule has 3 aromatic rings. The quantitative estimate of drug-likeness (QED) is 0.322. The Hall–Kier alpha value is -4.04. The number of cyclic esters (lactones) is 1. The number of amides is 2. The first kappa shape index (κ1) is 29.9. The zero-order valence-electron chi connectivity index (χ0n) is 24.5. The predicted molar refractivity (Wildman–Crippen MR) is 159 cm³/mol. The number of epoxide rings is 1. The molecule has 2 aliphatic rings. The molecule has 0 spiro atoms. The van der Waals surface area contributed by atoms with Crippen LogP contribution >= 0.6 is 0 Å². The highest BCUT2D eigenvalue weighted by Gasteiger charge is 2.33. The second kappa shape index (κ2) is 13.5. The van der Waals surface area contributed by atoms with Gasteiger partial charge >= 0.3 is 12.2 Å². The van der Waals surface area contributed by atoms with Gasteiger partial charge in [-0.15, -0.1) is 0 Å². The SMILES string of the molecule is CNC(=O)OC.Cc1cccc(N2CC(COc3cccc(C(C)(C)c4ccc(CCC5CO5)cc4)c3)OC2=O)c1. The molecule has 0 bridgehead atoms. The average Bonchev–Trinajstić information content (AvgIpc) is 3.75. The normalized spacial score (nSPS) is 17.7. The van der Waals surface area contributed by atoms with Crippen molar-refractivity contribution in [2.75, 3.05) is 38.8 Å². The smallest absolute Gasteiger partial charge is 0.414 e. The van der Waals surface area contributed by atoms with Crippen LogP contribution < -0.4 is 15.0 Å². The minimum atomic E-state index is -0.407. The molecule has 2 atom stereocenters. The first-order chi connectivity index (χ1) is 19.7. The van der Waals surface area contributed by atoms with Crippen LogP contribution in [0.3, 0.4) is 0 Å². The van der Waals surface area contributed by atoms with Gasteiger partial charge in [0.15, 0.2) is 6.10 Å². The maximum atomic E-state index is 12.4. The minimum absolute atomic E-state index is 0.167. The molecule has 218 valence electrons. The number of ether oxygens (including phenoxy) is 4. The van der Waals surface area contributed by atoms with E-state index in [2.05, 4.69) is 60.3 Å². The molecule has 2 heterocycles. The molecule has 2 aliphatic heterocycles. The van der Waals surface area contributed by atoms with Gasteiger partial charge in [0.2, 0.25) is 0 Å². The summed E-state index contributed by atoms with van der Waals surface area (Å²) in [7, 11) is 2.82. The lowest BCUT2D eigenvalue weighted by atomic mass is 9.78. The summed E-state index contributed by atoms with van der Waals surface area (Å²) in [5, 5.41) is 2.25. The van der Waals surface area contributed by atoms with Crippen molar-refractivity contribution in [3.63, 3.8) is 0 Å². The summed E-state index contributed by atoms with van der Waals surface area (Å²) < 4.78 is 21.1. The van der Waals surface area contributed by atoms with E-state index in [1.807, 2.05) is 43.3 Å². The molecular weight excluding hydrogens is 520 g/mol. The lowest BCUT2D eigenvalue weighted by Crippen LogP contribution is -2.26. The maximum Gasteiger partial charge on any atom is 0.414 e. The number of carbonyl (C=O) groups excluding carboxylic acids is 2. The monoisotopic (exact) mass is 560 g/mol. The summed E-state index contributed by atoms with van der Waals surface area (Å²) >= 11 is 0. The number of methoxy groups -OCH3 is 1. The van der Waals surface area contributed by atoms with Crippen LogP contribution in [0.15, 0.2) is 72.8 Å². The zero-order valence-corrected chi connectivity index (χ0v) is 24.5. The van der Waals surface area contributed by atoms with E-state index in [1.54, 1.807) is 4.90 Å². The highest BCUT2D eigenvalue weighted by molar-refractivity contribution is 5.89. The topological polar surface area (TPSA) is 89.6 Å². The van der Waals surface area contributed by atoms with Gasteiger partial charge in [0.1, 0.15) is 12.4 Å². The van der Waals surface area contributed by atoms with Gasteiger partial charge in [0.25, 0.3) is 0 Å². The zero-order chi connectivity index (χ0) is 29.4. The van der Waals surface area contributed by atoms with Crippen LogP contribution in [0.4, 0.5) is 15.3 Å². The largest absolute Gasteiger partial charge is 0.490 e. The van der Waals surface area contributed by atoms with Crippen molar-refractivity contribution < 1.29 is 28.5 Å². The van der Waals surface area contributed by atoms with E-state index >= 15 is 0 Å². The minimum Gasteiger partial charge on any atom is -0.490 e. The molecule has 41 heavy (non-hydrogen) atoms. The third-order valence-corrected chi connectivity index (χ3v) is 7.40. The van der Waals surface area contributed by atoms with Crippen molar-refractivity contribution in [1.82, 2.24) is 5.32 Å². The predicted octanol–water partition coefficient (Wildman–Crippen LogP) is 6.03. The Morgan fingerprint density at radius 2 is 1.76 bits per heavy atom. The van der Waals surface area contributed by atoms with E-state index in [-0.39, 0.29) is 17.6 Å². The van der Waals surface area contributed by atoms with Crippen LogP contribution in [-0.4, -0.2) is 58.3 Å².